The smallest absolute Gasteiger partial charge is 0.324 e. The van der Waals surface area contributed by atoms with Crippen molar-refractivity contribution in [1.82, 2.24) is 0 Å². The summed E-state index contributed by atoms with van der Waals surface area (Å²) in [4.78, 5) is 11.5. The lowest BCUT2D eigenvalue weighted by molar-refractivity contribution is -0.143. The van der Waals surface area contributed by atoms with Crippen molar-refractivity contribution in [3.63, 3.8) is 0 Å². The van der Waals surface area contributed by atoms with Crippen molar-refractivity contribution in [2.75, 3.05) is 0 Å². The van der Waals surface area contributed by atoms with Gasteiger partial charge in [-0.1, -0.05) is 60.7 Å². The van der Waals surface area contributed by atoms with Crippen LogP contribution < -0.4 is 5.73 Å². The van der Waals surface area contributed by atoms with E-state index in [-0.39, 0.29) is 0 Å². The van der Waals surface area contributed by atoms with Gasteiger partial charge in [-0.05, 0) is 11.1 Å². The summed E-state index contributed by atoms with van der Waals surface area (Å²) in [5, 5.41) is 9.43. The van der Waals surface area contributed by atoms with E-state index in [9.17, 15) is 9.90 Å². The van der Waals surface area contributed by atoms with Crippen molar-refractivity contribution in [2.45, 2.75) is 18.4 Å². The third kappa shape index (κ3) is 3.42. The average Bonchev–Trinajstić information content (AvgIpc) is 2.40. The summed E-state index contributed by atoms with van der Waals surface area (Å²) in [6.45, 7) is 0. The zero-order chi connectivity index (χ0) is 13.7. The highest BCUT2D eigenvalue weighted by molar-refractivity contribution is 5.79. The van der Waals surface area contributed by atoms with Crippen LogP contribution in [-0.4, -0.2) is 16.6 Å². The van der Waals surface area contributed by atoms with Gasteiger partial charge >= 0.3 is 5.97 Å². The van der Waals surface area contributed by atoms with Crippen molar-refractivity contribution in [3.8, 4) is 0 Å². The quantitative estimate of drug-likeness (QED) is 0.861. The Morgan fingerprint density at radius 2 is 1.26 bits per heavy atom. The van der Waals surface area contributed by atoms with Crippen LogP contribution >= 0.6 is 0 Å². The van der Waals surface area contributed by atoms with E-state index in [2.05, 4.69) is 0 Å². The Morgan fingerprint density at radius 1 is 0.895 bits per heavy atom. The molecule has 3 N–H and O–H groups in total. The standard InChI is InChI=1S/C16H17NO2/c17-16(15(18)19,11-13-7-3-1-4-8-13)12-14-9-5-2-6-10-14/h1-10H,11-12,17H2,(H,18,19). The molecule has 0 aliphatic heterocycles. The second kappa shape index (κ2) is 5.67. The maximum absolute atomic E-state index is 11.5. The topological polar surface area (TPSA) is 63.3 Å². The predicted octanol–water partition coefficient (Wildman–Crippen LogP) is 2.25. The highest BCUT2D eigenvalue weighted by Gasteiger charge is 2.34. The van der Waals surface area contributed by atoms with Crippen LogP contribution in [0.5, 0.6) is 0 Å². The monoisotopic (exact) mass is 255 g/mol. The highest BCUT2D eigenvalue weighted by Crippen LogP contribution is 2.17. The Hall–Kier alpha value is -2.13. The first-order valence-corrected chi connectivity index (χ1v) is 6.20. The van der Waals surface area contributed by atoms with Crippen LogP contribution in [-0.2, 0) is 17.6 Å². The molecule has 3 nitrogen and oxygen atoms in total. The van der Waals surface area contributed by atoms with Crippen LogP contribution in [0.25, 0.3) is 0 Å². The average molecular weight is 255 g/mol. The molecular formula is C16H17NO2. The first-order valence-electron chi connectivity index (χ1n) is 6.20. The van der Waals surface area contributed by atoms with E-state index in [0.29, 0.717) is 12.8 Å². The fourth-order valence-corrected chi connectivity index (χ4v) is 2.13. The summed E-state index contributed by atoms with van der Waals surface area (Å²) in [7, 11) is 0. The van der Waals surface area contributed by atoms with Crippen molar-refractivity contribution >= 4 is 5.97 Å². The molecule has 0 unspecified atom stereocenters. The molecule has 0 bridgehead atoms. The van der Waals surface area contributed by atoms with Crippen molar-refractivity contribution < 1.29 is 9.90 Å². The van der Waals surface area contributed by atoms with Gasteiger partial charge in [0.2, 0.25) is 0 Å². The second-order valence-electron chi connectivity index (χ2n) is 4.79. The normalized spacial score (nSPS) is 11.2. The van der Waals surface area contributed by atoms with Crippen LogP contribution in [0.3, 0.4) is 0 Å². The first kappa shape index (κ1) is 13.3. The Bertz CT molecular complexity index is 496. The number of carboxylic acids is 1. The molecule has 0 atom stereocenters. The van der Waals surface area contributed by atoms with Crippen molar-refractivity contribution in [2.24, 2.45) is 5.73 Å². The molecule has 2 rings (SSSR count). The lowest BCUT2D eigenvalue weighted by atomic mass is 9.86. The molecule has 0 spiro atoms. The summed E-state index contributed by atoms with van der Waals surface area (Å²) in [6, 6.07) is 19.0. The van der Waals surface area contributed by atoms with Crippen LogP contribution in [0.1, 0.15) is 11.1 Å². The molecule has 19 heavy (non-hydrogen) atoms. The van der Waals surface area contributed by atoms with Gasteiger partial charge < -0.3 is 10.8 Å². The third-order valence-electron chi connectivity index (χ3n) is 3.15. The first-order chi connectivity index (χ1) is 9.10. The molecule has 2 aromatic carbocycles. The van der Waals surface area contributed by atoms with Crippen LogP contribution in [0, 0.1) is 0 Å². The molecule has 2 aromatic rings. The number of carbonyl (C=O) groups is 1. The SMILES string of the molecule is NC(Cc1ccccc1)(Cc1ccccc1)C(=O)O. The zero-order valence-corrected chi connectivity index (χ0v) is 10.6. The number of benzene rings is 2. The summed E-state index contributed by atoms with van der Waals surface area (Å²) < 4.78 is 0. The van der Waals surface area contributed by atoms with Gasteiger partial charge in [0.1, 0.15) is 5.54 Å². The predicted molar refractivity (Wildman–Crippen MR) is 74.8 cm³/mol. The summed E-state index contributed by atoms with van der Waals surface area (Å²) in [5.74, 6) is -0.972. The molecule has 0 aromatic heterocycles. The molecule has 0 aliphatic rings. The van der Waals surface area contributed by atoms with E-state index in [1.54, 1.807) is 0 Å². The van der Waals surface area contributed by atoms with Gasteiger partial charge in [0, 0.05) is 12.8 Å². The largest absolute Gasteiger partial charge is 0.480 e. The lowest BCUT2D eigenvalue weighted by Gasteiger charge is -2.25. The van der Waals surface area contributed by atoms with Gasteiger partial charge in [-0.15, -0.1) is 0 Å². The van der Waals surface area contributed by atoms with Crippen LogP contribution in [0.15, 0.2) is 60.7 Å². The minimum absolute atomic E-state index is 0.318. The zero-order valence-electron chi connectivity index (χ0n) is 10.6. The van der Waals surface area contributed by atoms with Gasteiger partial charge in [0.25, 0.3) is 0 Å². The van der Waals surface area contributed by atoms with E-state index in [1.165, 1.54) is 0 Å². The lowest BCUT2D eigenvalue weighted by Crippen LogP contribution is -2.51. The Balaban J connectivity index is 2.21. The summed E-state index contributed by atoms with van der Waals surface area (Å²) in [6.07, 6.45) is 0.635. The highest BCUT2D eigenvalue weighted by atomic mass is 16.4. The van der Waals surface area contributed by atoms with Gasteiger partial charge in [-0.2, -0.15) is 0 Å². The molecule has 0 heterocycles. The van der Waals surface area contributed by atoms with E-state index in [0.717, 1.165) is 11.1 Å². The number of carboxylic acid groups (broad SMARTS) is 1. The number of nitrogens with two attached hydrogens (primary N) is 1. The minimum Gasteiger partial charge on any atom is -0.480 e. The molecule has 0 fully saturated rings. The molecule has 0 radical (unpaired) electrons. The van der Waals surface area contributed by atoms with Crippen LogP contribution in [0.4, 0.5) is 0 Å². The Morgan fingerprint density at radius 3 is 1.58 bits per heavy atom. The number of hydrogen-bond acceptors (Lipinski definition) is 2. The Labute approximate surface area is 112 Å². The summed E-state index contributed by atoms with van der Waals surface area (Å²) in [5.41, 5.74) is 6.70. The molecular weight excluding hydrogens is 238 g/mol. The van der Waals surface area contributed by atoms with Crippen molar-refractivity contribution in [3.05, 3.63) is 71.8 Å². The van der Waals surface area contributed by atoms with Gasteiger partial charge in [-0.25, -0.2) is 0 Å². The van der Waals surface area contributed by atoms with E-state index in [4.69, 9.17) is 5.73 Å². The molecule has 0 amide bonds. The van der Waals surface area contributed by atoms with E-state index in [1.807, 2.05) is 60.7 Å². The molecule has 3 heteroatoms. The van der Waals surface area contributed by atoms with Gasteiger partial charge in [-0.3, -0.25) is 4.79 Å². The molecule has 0 saturated carbocycles. The maximum atomic E-state index is 11.5. The third-order valence-corrected chi connectivity index (χ3v) is 3.15. The number of aliphatic carboxylic acids is 1. The van der Waals surface area contributed by atoms with Gasteiger partial charge in [0.05, 0.1) is 0 Å². The number of rotatable bonds is 5. The van der Waals surface area contributed by atoms with E-state index >= 15 is 0 Å². The molecule has 0 saturated heterocycles. The molecule has 0 aliphatic carbocycles. The van der Waals surface area contributed by atoms with Crippen molar-refractivity contribution in [1.29, 1.82) is 0 Å². The van der Waals surface area contributed by atoms with Crippen LogP contribution in [0.2, 0.25) is 0 Å². The number of hydrogen-bond donors (Lipinski definition) is 2. The van der Waals surface area contributed by atoms with Gasteiger partial charge in [0.15, 0.2) is 0 Å². The fourth-order valence-electron chi connectivity index (χ4n) is 2.13. The summed E-state index contributed by atoms with van der Waals surface area (Å²) >= 11 is 0. The Kier molecular flexibility index (Phi) is 3.97. The van der Waals surface area contributed by atoms with E-state index < -0.39 is 11.5 Å². The maximum Gasteiger partial charge on any atom is 0.324 e. The second-order valence-corrected chi connectivity index (χ2v) is 4.79. The minimum atomic E-state index is -1.28. The fraction of sp³-hybridized carbons (Fsp3) is 0.188. The molecule has 98 valence electrons.